The number of carbonyl (C=O) groups is 2. The monoisotopic (exact) mass is 607 g/mol. The quantitative estimate of drug-likeness (QED) is 0.303. The zero-order valence-electron chi connectivity index (χ0n) is 25.7. The molecule has 0 saturated heterocycles. The van der Waals surface area contributed by atoms with Crippen LogP contribution in [0.3, 0.4) is 0 Å². The van der Waals surface area contributed by atoms with E-state index < -0.39 is 34.6 Å². The average molecular weight is 608 g/mol. The maximum atomic E-state index is 13.8. The first kappa shape index (κ1) is 31.1. The molecule has 1 aromatic heterocycles. The second kappa shape index (κ2) is 11.6. The summed E-state index contributed by atoms with van der Waals surface area (Å²) in [6.45, 7) is 8.48. The fraction of sp³-hybridized carbons (Fsp3) is 0.424. The topological polar surface area (TPSA) is 128 Å². The summed E-state index contributed by atoms with van der Waals surface area (Å²) in [5.74, 6) is 0.551. The van der Waals surface area contributed by atoms with Crippen molar-refractivity contribution in [1.82, 2.24) is 15.6 Å². The van der Waals surface area contributed by atoms with E-state index in [1.807, 2.05) is 0 Å². The molecular formula is C33H38FN3O7. The van der Waals surface area contributed by atoms with Crippen LogP contribution >= 0.6 is 0 Å². The molecule has 2 atom stereocenters. The third-order valence-electron chi connectivity index (χ3n) is 7.36. The van der Waals surface area contributed by atoms with E-state index in [1.54, 1.807) is 64.1 Å². The lowest BCUT2D eigenvalue weighted by atomic mass is 9.89. The van der Waals surface area contributed by atoms with Gasteiger partial charge < -0.3 is 34.7 Å². The number of ether oxygens (including phenoxy) is 4. The van der Waals surface area contributed by atoms with E-state index in [9.17, 15) is 19.1 Å². The summed E-state index contributed by atoms with van der Waals surface area (Å²) < 4.78 is 36.6. The number of nitrogens with one attached hydrogen (secondary N) is 2. The number of fused-ring (bicyclic) bond motifs is 1. The molecule has 1 aliphatic heterocycles. The molecule has 3 N–H and O–H groups in total. The first-order chi connectivity index (χ1) is 20.7. The summed E-state index contributed by atoms with van der Waals surface area (Å²) in [5, 5.41) is 17.3. The summed E-state index contributed by atoms with van der Waals surface area (Å²) >= 11 is 0. The van der Waals surface area contributed by atoms with Crippen LogP contribution in [0.4, 0.5) is 9.18 Å². The van der Waals surface area contributed by atoms with Crippen LogP contribution in [0.25, 0.3) is 11.3 Å². The van der Waals surface area contributed by atoms with Gasteiger partial charge in [-0.1, -0.05) is 0 Å². The molecule has 2 aromatic carbocycles. The second-order valence-corrected chi connectivity index (χ2v) is 12.6. The Labute approximate surface area is 255 Å². The van der Waals surface area contributed by atoms with E-state index >= 15 is 0 Å². The van der Waals surface area contributed by atoms with Crippen LogP contribution in [-0.2, 0) is 15.9 Å². The van der Waals surface area contributed by atoms with Crippen molar-refractivity contribution in [2.45, 2.75) is 70.3 Å². The summed E-state index contributed by atoms with van der Waals surface area (Å²) in [7, 11) is 1.51. The first-order valence-corrected chi connectivity index (χ1v) is 14.5. The Morgan fingerprint density at radius 3 is 2.43 bits per heavy atom. The lowest BCUT2D eigenvalue weighted by molar-refractivity contribution is 0.0445. The molecule has 1 fully saturated rings. The van der Waals surface area contributed by atoms with Gasteiger partial charge in [0, 0.05) is 16.7 Å². The SMILES string of the molecule is COc1cc(C(=O)NCC(C)(O)c2cc3c(c(-c4ccc(F)cc4)n2)OC[C@]3(C)NC(=O)OC(C)(C)C)ccc1OC1CC1. The number of amides is 2. The van der Waals surface area contributed by atoms with Gasteiger partial charge in [-0.2, -0.15) is 0 Å². The molecule has 1 unspecified atom stereocenters. The van der Waals surface area contributed by atoms with Gasteiger partial charge in [0.15, 0.2) is 17.2 Å². The molecule has 3 aromatic rings. The number of hydrogen-bond acceptors (Lipinski definition) is 8. The third-order valence-corrected chi connectivity index (χ3v) is 7.36. The van der Waals surface area contributed by atoms with Crippen LogP contribution in [0, 0.1) is 5.82 Å². The Morgan fingerprint density at radius 2 is 1.80 bits per heavy atom. The van der Waals surface area contributed by atoms with Crippen LogP contribution in [0.2, 0.25) is 0 Å². The number of methoxy groups -OCH3 is 1. The van der Waals surface area contributed by atoms with Gasteiger partial charge in [0.2, 0.25) is 0 Å². The summed E-state index contributed by atoms with van der Waals surface area (Å²) in [6.07, 6.45) is 1.51. The number of halogens is 1. The molecule has 2 amide bonds. The van der Waals surface area contributed by atoms with Gasteiger partial charge in [-0.15, -0.1) is 0 Å². The second-order valence-electron chi connectivity index (χ2n) is 12.6. The van der Waals surface area contributed by atoms with Gasteiger partial charge in [0.25, 0.3) is 5.91 Å². The maximum Gasteiger partial charge on any atom is 0.408 e. The maximum absolute atomic E-state index is 13.8. The molecule has 11 heteroatoms. The van der Waals surface area contributed by atoms with Gasteiger partial charge >= 0.3 is 6.09 Å². The fourth-order valence-electron chi connectivity index (χ4n) is 4.81. The highest BCUT2D eigenvalue weighted by molar-refractivity contribution is 5.95. The van der Waals surface area contributed by atoms with E-state index in [1.165, 1.54) is 26.2 Å². The zero-order valence-corrected chi connectivity index (χ0v) is 25.7. The number of rotatable bonds is 9. The van der Waals surface area contributed by atoms with Crippen molar-refractivity contribution in [2.24, 2.45) is 0 Å². The molecule has 1 saturated carbocycles. The Balaban J connectivity index is 1.43. The smallest absolute Gasteiger partial charge is 0.408 e. The standard InChI is InChI=1S/C33H38FN3O7/c1-31(2,3)44-30(39)37-32(4)18-42-28-23(32)16-26(36-27(28)19-7-10-21(34)11-8-19)33(5,40)17-35-29(38)20-9-14-24(25(15-20)41-6)43-22-12-13-22/h7-11,14-16,22,40H,12-13,17-18H2,1-6H3,(H,35,38)(H,37,39)/t32-,33?/m0/s1. The van der Waals surface area contributed by atoms with E-state index in [0.29, 0.717) is 39.6 Å². The van der Waals surface area contributed by atoms with Crippen LogP contribution in [0.1, 0.15) is 69.1 Å². The minimum atomic E-state index is -1.66. The average Bonchev–Trinajstić information content (AvgIpc) is 3.72. The molecule has 0 radical (unpaired) electrons. The minimum Gasteiger partial charge on any atom is -0.493 e. The van der Waals surface area contributed by atoms with Gasteiger partial charge in [-0.3, -0.25) is 4.79 Å². The number of hydrogen-bond donors (Lipinski definition) is 3. The van der Waals surface area contributed by atoms with Gasteiger partial charge in [-0.05, 0) is 96.0 Å². The molecule has 44 heavy (non-hydrogen) atoms. The predicted molar refractivity (Wildman–Crippen MR) is 160 cm³/mol. The Kier molecular flexibility index (Phi) is 8.19. The molecular weight excluding hydrogens is 569 g/mol. The van der Waals surface area contributed by atoms with Crippen LogP contribution in [0.15, 0.2) is 48.5 Å². The minimum absolute atomic E-state index is 0.0715. The van der Waals surface area contributed by atoms with E-state index in [-0.39, 0.29) is 24.9 Å². The zero-order chi connectivity index (χ0) is 31.9. The normalized spacial score (nSPS) is 18.8. The van der Waals surface area contributed by atoms with Gasteiger partial charge in [-0.25, -0.2) is 14.2 Å². The summed E-state index contributed by atoms with van der Waals surface area (Å²) in [6, 6.07) is 12.3. The van der Waals surface area contributed by atoms with Crippen molar-refractivity contribution < 1.29 is 38.0 Å². The fourth-order valence-corrected chi connectivity index (χ4v) is 4.81. The van der Waals surface area contributed by atoms with Crippen molar-refractivity contribution in [3.8, 4) is 28.5 Å². The summed E-state index contributed by atoms with van der Waals surface area (Å²) in [5.41, 5.74) is -1.42. The lowest BCUT2D eigenvalue weighted by Crippen LogP contribution is -2.47. The number of pyridine rings is 1. The molecule has 0 spiro atoms. The first-order valence-electron chi connectivity index (χ1n) is 14.5. The highest BCUT2D eigenvalue weighted by atomic mass is 19.1. The molecule has 1 aliphatic carbocycles. The van der Waals surface area contributed by atoms with Gasteiger partial charge in [0.05, 0.1) is 25.5 Å². The number of aliphatic hydroxyl groups is 1. The Bertz CT molecular complexity index is 1560. The van der Waals surface area contributed by atoms with Gasteiger partial charge in [0.1, 0.15) is 34.9 Å². The number of nitrogens with zero attached hydrogens (tertiary/aromatic N) is 1. The molecule has 0 bridgehead atoms. The van der Waals surface area contributed by atoms with Crippen molar-refractivity contribution in [3.05, 3.63) is 71.2 Å². The number of alkyl carbamates (subject to hydrolysis) is 1. The Morgan fingerprint density at radius 1 is 1.09 bits per heavy atom. The lowest BCUT2D eigenvalue weighted by Gasteiger charge is -2.29. The molecule has 10 nitrogen and oxygen atoms in total. The predicted octanol–water partition coefficient (Wildman–Crippen LogP) is 5.21. The van der Waals surface area contributed by atoms with Crippen LogP contribution < -0.4 is 24.8 Å². The van der Waals surface area contributed by atoms with E-state index in [4.69, 9.17) is 23.9 Å². The van der Waals surface area contributed by atoms with E-state index in [0.717, 1.165) is 12.8 Å². The van der Waals surface area contributed by atoms with Crippen molar-refractivity contribution in [1.29, 1.82) is 0 Å². The Hall–Kier alpha value is -4.38. The highest BCUT2D eigenvalue weighted by Crippen LogP contribution is 2.44. The van der Waals surface area contributed by atoms with Crippen LogP contribution in [-0.4, -0.2) is 54.1 Å². The molecule has 2 aliphatic rings. The largest absolute Gasteiger partial charge is 0.493 e. The van der Waals surface area contributed by atoms with Crippen molar-refractivity contribution >= 4 is 12.0 Å². The third kappa shape index (κ3) is 6.88. The molecule has 5 rings (SSSR count). The molecule has 234 valence electrons. The van der Waals surface area contributed by atoms with Crippen molar-refractivity contribution in [3.63, 3.8) is 0 Å². The van der Waals surface area contributed by atoms with Crippen molar-refractivity contribution in [2.75, 3.05) is 20.3 Å². The van der Waals surface area contributed by atoms with E-state index in [2.05, 4.69) is 10.6 Å². The molecule has 2 heterocycles. The number of aromatic nitrogens is 1. The summed E-state index contributed by atoms with van der Waals surface area (Å²) in [4.78, 5) is 30.6. The van der Waals surface area contributed by atoms with Crippen LogP contribution in [0.5, 0.6) is 17.2 Å². The number of carbonyl (C=O) groups excluding carboxylic acids is 2. The highest BCUT2D eigenvalue weighted by Gasteiger charge is 2.43. The number of benzene rings is 2.